The molecule has 1 heterocycles. The maximum absolute atomic E-state index is 13.0. The molecule has 2 aromatic carbocycles. The highest BCUT2D eigenvalue weighted by molar-refractivity contribution is 6.07. The van der Waals surface area contributed by atoms with Crippen molar-refractivity contribution in [1.82, 2.24) is 4.98 Å². The number of benzene rings is 2. The van der Waals surface area contributed by atoms with E-state index in [9.17, 15) is 14.3 Å². The molecule has 2 N–H and O–H groups in total. The lowest BCUT2D eigenvalue weighted by atomic mass is 10.0. The lowest BCUT2D eigenvalue weighted by Crippen LogP contribution is -1.98. The Hall–Kier alpha value is -2.62. The zero-order valence-corrected chi connectivity index (χ0v) is 10.8. The molecule has 4 heteroatoms. The number of H-pyrrole nitrogens is 1. The highest BCUT2D eigenvalue weighted by Crippen LogP contribution is 2.33. The average Bonchev–Trinajstić information content (AvgIpc) is 2.78. The summed E-state index contributed by atoms with van der Waals surface area (Å²) in [6, 6.07) is 11.5. The van der Waals surface area contributed by atoms with Crippen LogP contribution < -0.4 is 0 Å². The second-order valence-electron chi connectivity index (χ2n) is 4.74. The number of rotatable bonds is 2. The van der Waals surface area contributed by atoms with Crippen molar-refractivity contribution >= 4 is 16.9 Å². The van der Waals surface area contributed by atoms with Gasteiger partial charge in [0.15, 0.2) is 0 Å². The van der Waals surface area contributed by atoms with Crippen molar-refractivity contribution in [3.05, 3.63) is 59.5 Å². The van der Waals surface area contributed by atoms with Crippen LogP contribution in [0.1, 0.15) is 16.1 Å². The Morgan fingerprint density at radius 1 is 1.15 bits per heavy atom. The van der Waals surface area contributed by atoms with Crippen LogP contribution in [-0.2, 0) is 0 Å². The number of aromatic amines is 1. The van der Waals surface area contributed by atoms with Gasteiger partial charge in [-0.25, -0.2) is 9.18 Å². The van der Waals surface area contributed by atoms with Gasteiger partial charge in [-0.1, -0.05) is 23.8 Å². The van der Waals surface area contributed by atoms with Crippen molar-refractivity contribution in [2.45, 2.75) is 6.92 Å². The van der Waals surface area contributed by atoms with E-state index in [4.69, 9.17) is 0 Å². The largest absolute Gasteiger partial charge is 0.477 e. The minimum atomic E-state index is -1.03. The fourth-order valence-electron chi connectivity index (χ4n) is 2.38. The van der Waals surface area contributed by atoms with E-state index in [0.29, 0.717) is 11.1 Å². The number of carboxylic acid groups (broad SMARTS) is 1. The number of aromatic nitrogens is 1. The van der Waals surface area contributed by atoms with Crippen molar-refractivity contribution < 1.29 is 14.3 Å². The van der Waals surface area contributed by atoms with E-state index in [-0.39, 0.29) is 11.5 Å². The van der Waals surface area contributed by atoms with Crippen molar-refractivity contribution in [3.63, 3.8) is 0 Å². The number of aryl methyl sites for hydroxylation is 1. The number of fused-ring (bicyclic) bond motifs is 1. The van der Waals surface area contributed by atoms with Crippen LogP contribution >= 0.6 is 0 Å². The Kier molecular flexibility index (Phi) is 2.79. The van der Waals surface area contributed by atoms with E-state index in [1.807, 2.05) is 25.1 Å². The van der Waals surface area contributed by atoms with E-state index in [1.54, 1.807) is 12.1 Å². The summed E-state index contributed by atoms with van der Waals surface area (Å²) in [6.07, 6.45) is 0. The van der Waals surface area contributed by atoms with E-state index >= 15 is 0 Å². The fourth-order valence-corrected chi connectivity index (χ4v) is 2.38. The van der Waals surface area contributed by atoms with Crippen LogP contribution in [0.3, 0.4) is 0 Å². The summed E-state index contributed by atoms with van der Waals surface area (Å²) in [5.74, 6) is -1.38. The third kappa shape index (κ3) is 1.95. The topological polar surface area (TPSA) is 53.1 Å². The van der Waals surface area contributed by atoms with E-state index in [2.05, 4.69) is 4.98 Å². The van der Waals surface area contributed by atoms with Gasteiger partial charge in [0, 0.05) is 16.5 Å². The molecule has 3 rings (SSSR count). The number of carbonyl (C=O) groups is 1. The van der Waals surface area contributed by atoms with Crippen LogP contribution in [0.4, 0.5) is 4.39 Å². The first-order chi connectivity index (χ1) is 9.56. The molecule has 100 valence electrons. The molecule has 0 bridgehead atoms. The van der Waals surface area contributed by atoms with Crippen LogP contribution in [0, 0.1) is 12.7 Å². The standard InChI is InChI=1S/C16H12FNO2/c1-9-2-7-13-12(8-9)14(15(18-13)16(19)20)10-3-5-11(17)6-4-10/h2-8,18H,1H3,(H,19,20). The molecule has 0 saturated heterocycles. The maximum atomic E-state index is 13.0. The molecule has 0 spiro atoms. The van der Waals surface area contributed by atoms with Crippen molar-refractivity contribution in [2.75, 3.05) is 0 Å². The summed E-state index contributed by atoms with van der Waals surface area (Å²) < 4.78 is 13.0. The van der Waals surface area contributed by atoms with Gasteiger partial charge in [-0.2, -0.15) is 0 Å². The number of hydrogen-bond acceptors (Lipinski definition) is 1. The molecule has 0 aliphatic carbocycles. The van der Waals surface area contributed by atoms with Gasteiger partial charge in [0.1, 0.15) is 11.5 Å². The van der Waals surface area contributed by atoms with Gasteiger partial charge in [-0.15, -0.1) is 0 Å². The predicted octanol–water partition coefficient (Wildman–Crippen LogP) is 3.98. The monoisotopic (exact) mass is 269 g/mol. The number of carboxylic acids is 1. The van der Waals surface area contributed by atoms with Gasteiger partial charge < -0.3 is 10.1 Å². The number of aromatic carboxylic acids is 1. The first kappa shape index (κ1) is 12.4. The molecular weight excluding hydrogens is 257 g/mol. The molecule has 3 aromatic rings. The molecule has 20 heavy (non-hydrogen) atoms. The van der Waals surface area contributed by atoms with Crippen LogP contribution in [0.25, 0.3) is 22.0 Å². The second kappa shape index (κ2) is 4.49. The van der Waals surface area contributed by atoms with Crippen molar-refractivity contribution in [1.29, 1.82) is 0 Å². The Morgan fingerprint density at radius 2 is 1.85 bits per heavy atom. The maximum Gasteiger partial charge on any atom is 0.352 e. The van der Waals surface area contributed by atoms with Crippen LogP contribution in [-0.4, -0.2) is 16.1 Å². The third-order valence-electron chi connectivity index (χ3n) is 3.30. The minimum Gasteiger partial charge on any atom is -0.477 e. The van der Waals surface area contributed by atoms with Crippen LogP contribution in [0.5, 0.6) is 0 Å². The second-order valence-corrected chi connectivity index (χ2v) is 4.74. The first-order valence-electron chi connectivity index (χ1n) is 6.18. The summed E-state index contributed by atoms with van der Waals surface area (Å²) in [5, 5.41) is 10.2. The molecular formula is C16H12FNO2. The Balaban J connectivity index is 2.36. The lowest BCUT2D eigenvalue weighted by molar-refractivity contribution is 0.0692. The Bertz CT molecular complexity index is 803. The highest BCUT2D eigenvalue weighted by Gasteiger charge is 2.18. The Morgan fingerprint density at radius 3 is 2.50 bits per heavy atom. The zero-order valence-electron chi connectivity index (χ0n) is 10.8. The van der Waals surface area contributed by atoms with Crippen molar-refractivity contribution in [3.8, 4) is 11.1 Å². The molecule has 3 nitrogen and oxygen atoms in total. The van der Waals surface area contributed by atoms with Gasteiger partial charge >= 0.3 is 5.97 Å². The molecule has 0 aliphatic heterocycles. The summed E-state index contributed by atoms with van der Waals surface area (Å²) in [4.78, 5) is 14.3. The van der Waals surface area contributed by atoms with Crippen LogP contribution in [0.2, 0.25) is 0 Å². The molecule has 0 aliphatic rings. The number of halogens is 1. The molecule has 0 saturated carbocycles. The van der Waals surface area contributed by atoms with Gasteiger partial charge in [0.2, 0.25) is 0 Å². The number of nitrogens with one attached hydrogen (secondary N) is 1. The number of hydrogen-bond donors (Lipinski definition) is 2. The zero-order chi connectivity index (χ0) is 14.3. The molecule has 0 radical (unpaired) electrons. The summed E-state index contributed by atoms with van der Waals surface area (Å²) in [5.41, 5.74) is 3.19. The summed E-state index contributed by atoms with van der Waals surface area (Å²) >= 11 is 0. The van der Waals surface area contributed by atoms with Gasteiger partial charge in [0.05, 0.1) is 0 Å². The van der Waals surface area contributed by atoms with E-state index in [1.165, 1.54) is 12.1 Å². The average molecular weight is 269 g/mol. The first-order valence-corrected chi connectivity index (χ1v) is 6.18. The molecule has 0 atom stereocenters. The molecule has 0 fully saturated rings. The third-order valence-corrected chi connectivity index (χ3v) is 3.30. The highest BCUT2D eigenvalue weighted by atomic mass is 19.1. The smallest absolute Gasteiger partial charge is 0.352 e. The SMILES string of the molecule is Cc1ccc2[nH]c(C(=O)O)c(-c3ccc(F)cc3)c2c1. The molecule has 0 amide bonds. The quantitative estimate of drug-likeness (QED) is 0.739. The van der Waals surface area contributed by atoms with Gasteiger partial charge in [0.25, 0.3) is 0 Å². The molecule has 1 aromatic heterocycles. The summed E-state index contributed by atoms with van der Waals surface area (Å²) in [6.45, 7) is 1.95. The van der Waals surface area contributed by atoms with Crippen molar-refractivity contribution in [2.24, 2.45) is 0 Å². The van der Waals surface area contributed by atoms with E-state index in [0.717, 1.165) is 16.5 Å². The predicted molar refractivity (Wildman–Crippen MR) is 75.4 cm³/mol. The van der Waals surface area contributed by atoms with Crippen LogP contribution in [0.15, 0.2) is 42.5 Å². The summed E-state index contributed by atoms with van der Waals surface area (Å²) in [7, 11) is 0. The fraction of sp³-hybridized carbons (Fsp3) is 0.0625. The lowest BCUT2D eigenvalue weighted by Gasteiger charge is -2.02. The Labute approximate surface area is 114 Å². The minimum absolute atomic E-state index is 0.122. The normalized spacial score (nSPS) is 10.9. The van der Waals surface area contributed by atoms with E-state index < -0.39 is 5.97 Å². The van der Waals surface area contributed by atoms with Gasteiger partial charge in [-0.05, 0) is 36.8 Å². The van der Waals surface area contributed by atoms with Gasteiger partial charge in [-0.3, -0.25) is 0 Å². The molecule has 0 unspecified atom stereocenters.